The van der Waals surface area contributed by atoms with Crippen molar-refractivity contribution >= 4 is 0 Å². The van der Waals surface area contributed by atoms with Gasteiger partial charge in [-0.1, -0.05) is 43.4 Å². The van der Waals surface area contributed by atoms with Crippen molar-refractivity contribution in [1.29, 1.82) is 0 Å². The molecule has 0 radical (unpaired) electrons. The van der Waals surface area contributed by atoms with E-state index < -0.39 is 0 Å². The molecule has 1 aliphatic rings. The molecule has 0 aromatic carbocycles. The summed E-state index contributed by atoms with van der Waals surface area (Å²) in [6.45, 7) is 2.28. The fraction of sp³-hybridized carbons (Fsp3) is 0.538. The highest BCUT2D eigenvalue weighted by atomic mass is 14.0. The van der Waals surface area contributed by atoms with Gasteiger partial charge in [0.2, 0.25) is 0 Å². The van der Waals surface area contributed by atoms with Crippen LogP contribution in [-0.4, -0.2) is 0 Å². The lowest BCUT2D eigenvalue weighted by atomic mass is 10.1. The quantitative estimate of drug-likeness (QED) is 0.484. The maximum Gasteiger partial charge on any atom is -0.0227 e. The smallest absolute Gasteiger partial charge is 0.0227 e. The van der Waals surface area contributed by atoms with Crippen LogP contribution in [0.2, 0.25) is 0 Å². The molecule has 0 nitrogen and oxygen atoms in total. The summed E-state index contributed by atoms with van der Waals surface area (Å²) in [4.78, 5) is 0. The van der Waals surface area contributed by atoms with Crippen molar-refractivity contribution in [1.82, 2.24) is 0 Å². The highest BCUT2D eigenvalue weighted by Gasteiger charge is 1.92. The van der Waals surface area contributed by atoms with E-state index in [4.69, 9.17) is 0 Å². The summed E-state index contributed by atoms with van der Waals surface area (Å²) in [5.74, 6) is 0.708. The molecule has 0 aliphatic heterocycles. The van der Waals surface area contributed by atoms with E-state index in [1.807, 2.05) is 0 Å². The van der Waals surface area contributed by atoms with Crippen LogP contribution in [0.15, 0.2) is 36.5 Å². The predicted octanol–water partition coefficient (Wildman–Crippen LogP) is 4.26. The van der Waals surface area contributed by atoms with Gasteiger partial charge in [-0.25, -0.2) is 0 Å². The van der Waals surface area contributed by atoms with Gasteiger partial charge >= 0.3 is 0 Å². The molecule has 13 heavy (non-hydrogen) atoms. The number of hydrogen-bond acceptors (Lipinski definition) is 0. The first-order chi connectivity index (χ1) is 6.39. The van der Waals surface area contributed by atoms with Crippen LogP contribution in [0.3, 0.4) is 0 Å². The first-order valence-corrected chi connectivity index (χ1v) is 5.36. The molecule has 72 valence electrons. The number of rotatable bonds is 0. The third-order valence-corrected chi connectivity index (χ3v) is 2.31. The van der Waals surface area contributed by atoms with E-state index in [1.165, 1.54) is 32.1 Å². The molecule has 0 N–H and O–H groups in total. The van der Waals surface area contributed by atoms with Gasteiger partial charge < -0.3 is 0 Å². The van der Waals surface area contributed by atoms with Crippen molar-refractivity contribution in [2.75, 3.05) is 0 Å². The summed E-state index contributed by atoms with van der Waals surface area (Å²) < 4.78 is 0. The maximum absolute atomic E-state index is 2.33. The third kappa shape index (κ3) is 5.46. The highest BCUT2D eigenvalue weighted by molar-refractivity contribution is 4.96. The van der Waals surface area contributed by atoms with Gasteiger partial charge in [0.15, 0.2) is 0 Å². The second-order valence-electron chi connectivity index (χ2n) is 3.74. The Kier molecular flexibility index (Phi) is 5.31. The molecule has 0 fully saturated rings. The van der Waals surface area contributed by atoms with Gasteiger partial charge in [0.25, 0.3) is 0 Å². The molecule has 0 saturated heterocycles. The van der Waals surface area contributed by atoms with Crippen molar-refractivity contribution in [3.63, 3.8) is 0 Å². The number of hydrogen-bond donors (Lipinski definition) is 0. The van der Waals surface area contributed by atoms with Crippen LogP contribution >= 0.6 is 0 Å². The average molecular weight is 176 g/mol. The molecular formula is C13H20. The van der Waals surface area contributed by atoms with Crippen molar-refractivity contribution < 1.29 is 0 Å². The molecule has 0 amide bonds. The number of allylic oxidation sites excluding steroid dienone is 6. The molecule has 0 aromatic rings. The molecule has 0 heteroatoms. The normalized spacial score (nSPS) is 32.5. The van der Waals surface area contributed by atoms with E-state index in [1.54, 1.807) is 0 Å². The Balaban J connectivity index is 2.41. The molecule has 1 unspecified atom stereocenters. The Bertz CT molecular complexity index is 196. The van der Waals surface area contributed by atoms with Gasteiger partial charge in [-0.15, -0.1) is 0 Å². The zero-order valence-corrected chi connectivity index (χ0v) is 8.58. The topological polar surface area (TPSA) is 0 Å². The van der Waals surface area contributed by atoms with E-state index in [9.17, 15) is 0 Å². The van der Waals surface area contributed by atoms with Gasteiger partial charge in [0.05, 0.1) is 0 Å². The highest BCUT2D eigenvalue weighted by Crippen LogP contribution is 2.08. The van der Waals surface area contributed by atoms with Crippen molar-refractivity contribution in [3.05, 3.63) is 36.5 Å². The summed E-state index contributed by atoms with van der Waals surface area (Å²) in [7, 11) is 0. The zero-order valence-electron chi connectivity index (χ0n) is 8.58. The maximum atomic E-state index is 2.33. The van der Waals surface area contributed by atoms with Crippen molar-refractivity contribution in [2.45, 2.75) is 39.0 Å². The lowest BCUT2D eigenvalue weighted by Crippen LogP contribution is -1.86. The van der Waals surface area contributed by atoms with Crippen LogP contribution in [0.5, 0.6) is 0 Å². The first-order valence-electron chi connectivity index (χ1n) is 5.36. The summed E-state index contributed by atoms with van der Waals surface area (Å²) in [5.41, 5.74) is 0. The Morgan fingerprint density at radius 1 is 0.769 bits per heavy atom. The fourth-order valence-corrected chi connectivity index (χ4v) is 1.46. The minimum atomic E-state index is 0.708. The molecular weight excluding hydrogens is 156 g/mol. The van der Waals surface area contributed by atoms with E-state index in [2.05, 4.69) is 43.4 Å². The van der Waals surface area contributed by atoms with Gasteiger partial charge in [0.1, 0.15) is 0 Å². The van der Waals surface area contributed by atoms with Gasteiger partial charge in [-0.2, -0.15) is 0 Å². The summed E-state index contributed by atoms with van der Waals surface area (Å²) >= 11 is 0. The molecule has 1 rings (SSSR count). The van der Waals surface area contributed by atoms with E-state index in [0.29, 0.717) is 5.92 Å². The second-order valence-corrected chi connectivity index (χ2v) is 3.74. The van der Waals surface area contributed by atoms with Gasteiger partial charge in [-0.3, -0.25) is 0 Å². The van der Waals surface area contributed by atoms with Crippen LogP contribution in [-0.2, 0) is 0 Å². The average Bonchev–Trinajstić information content (AvgIpc) is 2.11. The molecule has 1 aliphatic carbocycles. The minimum Gasteiger partial charge on any atom is -0.0882 e. The molecule has 0 saturated carbocycles. The van der Waals surface area contributed by atoms with Crippen LogP contribution in [0, 0.1) is 5.92 Å². The molecule has 0 aromatic heterocycles. The van der Waals surface area contributed by atoms with Crippen LogP contribution in [0.1, 0.15) is 39.0 Å². The fourth-order valence-electron chi connectivity index (χ4n) is 1.46. The Morgan fingerprint density at radius 2 is 1.31 bits per heavy atom. The summed E-state index contributed by atoms with van der Waals surface area (Å²) in [5, 5.41) is 0. The van der Waals surface area contributed by atoms with Crippen LogP contribution in [0.4, 0.5) is 0 Å². The molecule has 0 bridgehead atoms. The van der Waals surface area contributed by atoms with Gasteiger partial charge in [0, 0.05) is 0 Å². The van der Waals surface area contributed by atoms with Gasteiger partial charge in [-0.05, 0) is 38.0 Å². The monoisotopic (exact) mass is 176 g/mol. The SMILES string of the molecule is CC1/C=C/CC/C=C\CC/C=C/C1. The standard InChI is InChI=1S/C13H20/c1-13-11-9-7-5-3-2-4-6-8-10-12-13/h2-3,8-11,13H,4-7,12H2,1H3/b3-2-,10-8+,11-9+. The summed E-state index contributed by atoms with van der Waals surface area (Å²) in [6.07, 6.45) is 19.8. The first kappa shape index (κ1) is 10.3. The van der Waals surface area contributed by atoms with Crippen LogP contribution < -0.4 is 0 Å². The lowest BCUT2D eigenvalue weighted by molar-refractivity contribution is 0.736. The summed E-state index contributed by atoms with van der Waals surface area (Å²) in [6, 6.07) is 0. The third-order valence-electron chi connectivity index (χ3n) is 2.31. The molecule has 0 spiro atoms. The second kappa shape index (κ2) is 6.71. The van der Waals surface area contributed by atoms with Crippen LogP contribution in [0.25, 0.3) is 0 Å². The Morgan fingerprint density at radius 3 is 2.00 bits per heavy atom. The van der Waals surface area contributed by atoms with E-state index in [0.717, 1.165) is 0 Å². The van der Waals surface area contributed by atoms with Crippen molar-refractivity contribution in [3.8, 4) is 0 Å². The molecule has 0 heterocycles. The minimum absolute atomic E-state index is 0.708. The van der Waals surface area contributed by atoms with E-state index in [-0.39, 0.29) is 0 Å². The van der Waals surface area contributed by atoms with E-state index >= 15 is 0 Å². The largest absolute Gasteiger partial charge is 0.0882 e. The zero-order chi connectivity index (χ0) is 9.36. The van der Waals surface area contributed by atoms with Crippen molar-refractivity contribution in [2.24, 2.45) is 5.92 Å². The lowest BCUT2D eigenvalue weighted by Gasteiger charge is -2.01. The Labute approximate surface area is 82.0 Å². The Hall–Kier alpha value is -0.780. The molecule has 1 atom stereocenters. The predicted molar refractivity (Wildman–Crippen MR) is 59.7 cm³/mol.